The highest BCUT2D eigenvalue weighted by molar-refractivity contribution is 6.00. The third kappa shape index (κ3) is 2.70. The van der Waals surface area contributed by atoms with Crippen molar-refractivity contribution in [1.82, 2.24) is 5.32 Å². The van der Waals surface area contributed by atoms with Crippen LogP contribution in [-0.4, -0.2) is 13.0 Å². The van der Waals surface area contributed by atoms with Gasteiger partial charge in [-0.1, -0.05) is 6.07 Å². The van der Waals surface area contributed by atoms with E-state index in [1.54, 1.807) is 36.6 Å². The van der Waals surface area contributed by atoms with Gasteiger partial charge in [-0.3, -0.25) is 4.79 Å². The highest BCUT2D eigenvalue weighted by Crippen LogP contribution is 2.25. The second-order valence-electron chi connectivity index (χ2n) is 4.13. The molecule has 2 rings (SSSR count). The molecule has 3 N–H and O–H groups in total. The number of rotatable bonds is 4. The number of para-hydroxylation sites is 1. The lowest BCUT2D eigenvalue weighted by molar-refractivity contribution is 0.0936. The highest BCUT2D eigenvalue weighted by Gasteiger charge is 2.17. The maximum atomic E-state index is 12.2. The first-order valence-corrected chi connectivity index (χ1v) is 5.90. The van der Waals surface area contributed by atoms with E-state index in [0.717, 1.165) is 0 Å². The van der Waals surface area contributed by atoms with E-state index in [9.17, 15) is 4.79 Å². The summed E-state index contributed by atoms with van der Waals surface area (Å²) in [5.74, 6) is 0.911. The lowest BCUT2D eigenvalue weighted by Gasteiger charge is -2.14. The summed E-state index contributed by atoms with van der Waals surface area (Å²) in [4.78, 5) is 12.2. The van der Waals surface area contributed by atoms with Crippen molar-refractivity contribution in [3.8, 4) is 5.75 Å². The molecule has 0 spiro atoms. The maximum Gasteiger partial charge on any atom is 0.254 e. The Kier molecular flexibility index (Phi) is 3.75. The van der Waals surface area contributed by atoms with Crippen LogP contribution in [0.4, 0.5) is 5.69 Å². The van der Waals surface area contributed by atoms with Crippen LogP contribution in [0.25, 0.3) is 0 Å². The van der Waals surface area contributed by atoms with Crippen LogP contribution in [-0.2, 0) is 0 Å². The number of furan rings is 1. The van der Waals surface area contributed by atoms with Gasteiger partial charge in [0.1, 0.15) is 11.5 Å². The quantitative estimate of drug-likeness (QED) is 0.827. The highest BCUT2D eigenvalue weighted by atomic mass is 16.5. The Morgan fingerprint density at radius 3 is 2.79 bits per heavy atom. The molecule has 0 radical (unpaired) electrons. The second-order valence-corrected chi connectivity index (χ2v) is 4.13. The van der Waals surface area contributed by atoms with Gasteiger partial charge < -0.3 is 20.2 Å². The molecule has 2 aromatic rings. The third-order valence-corrected chi connectivity index (χ3v) is 2.85. The van der Waals surface area contributed by atoms with Gasteiger partial charge in [0.05, 0.1) is 30.7 Å². The number of carbonyl (C=O) groups excluding carboxylic acids is 1. The Morgan fingerprint density at radius 1 is 1.37 bits per heavy atom. The zero-order valence-corrected chi connectivity index (χ0v) is 10.8. The number of hydrogen-bond acceptors (Lipinski definition) is 4. The van der Waals surface area contributed by atoms with Crippen molar-refractivity contribution < 1.29 is 13.9 Å². The molecule has 1 heterocycles. The number of methoxy groups -OCH3 is 1. The number of nitrogens with two attached hydrogens (primary N) is 1. The number of ether oxygens (including phenoxy) is 1. The molecule has 1 aromatic heterocycles. The fraction of sp³-hybridized carbons (Fsp3) is 0.214. The number of carbonyl (C=O) groups is 1. The summed E-state index contributed by atoms with van der Waals surface area (Å²) in [6, 6.07) is 8.44. The van der Waals surface area contributed by atoms with Gasteiger partial charge in [0.2, 0.25) is 0 Å². The fourth-order valence-electron chi connectivity index (χ4n) is 1.80. The van der Waals surface area contributed by atoms with Crippen molar-refractivity contribution in [1.29, 1.82) is 0 Å². The second kappa shape index (κ2) is 5.48. The van der Waals surface area contributed by atoms with Crippen molar-refractivity contribution in [3.05, 3.63) is 47.9 Å². The molecule has 0 saturated heterocycles. The van der Waals surface area contributed by atoms with Crippen LogP contribution in [0.15, 0.2) is 41.0 Å². The van der Waals surface area contributed by atoms with Crippen molar-refractivity contribution in [2.24, 2.45) is 0 Å². The van der Waals surface area contributed by atoms with E-state index < -0.39 is 0 Å². The molecular weight excluding hydrogens is 244 g/mol. The van der Waals surface area contributed by atoms with Crippen LogP contribution in [0.1, 0.15) is 29.1 Å². The van der Waals surface area contributed by atoms with Crippen LogP contribution in [0.2, 0.25) is 0 Å². The lowest BCUT2D eigenvalue weighted by atomic mass is 10.1. The molecule has 0 bridgehead atoms. The van der Waals surface area contributed by atoms with Crippen molar-refractivity contribution in [2.75, 3.05) is 12.8 Å². The average Bonchev–Trinajstić information content (AvgIpc) is 2.92. The summed E-state index contributed by atoms with van der Waals surface area (Å²) in [5.41, 5.74) is 6.59. The van der Waals surface area contributed by atoms with E-state index in [2.05, 4.69) is 5.32 Å². The third-order valence-electron chi connectivity index (χ3n) is 2.85. The Bertz CT molecular complexity index is 564. The molecule has 5 heteroatoms. The van der Waals surface area contributed by atoms with Gasteiger partial charge in [-0.15, -0.1) is 0 Å². The predicted molar refractivity (Wildman–Crippen MR) is 72.0 cm³/mol. The largest absolute Gasteiger partial charge is 0.495 e. The van der Waals surface area contributed by atoms with Crippen molar-refractivity contribution in [2.45, 2.75) is 13.0 Å². The summed E-state index contributed by atoms with van der Waals surface area (Å²) >= 11 is 0. The van der Waals surface area contributed by atoms with Crippen molar-refractivity contribution >= 4 is 11.6 Å². The van der Waals surface area contributed by atoms with Gasteiger partial charge >= 0.3 is 0 Å². The summed E-state index contributed by atoms with van der Waals surface area (Å²) in [6.07, 6.45) is 1.57. The molecular formula is C14H16N2O3. The Labute approximate surface area is 111 Å². The van der Waals surface area contributed by atoms with Crippen molar-refractivity contribution in [3.63, 3.8) is 0 Å². The molecule has 100 valence electrons. The average molecular weight is 260 g/mol. The zero-order chi connectivity index (χ0) is 13.8. The SMILES string of the molecule is COc1cccc(C(=O)NC(C)c2ccco2)c1N. The normalized spacial score (nSPS) is 11.9. The summed E-state index contributed by atoms with van der Waals surface area (Å²) in [5, 5.41) is 2.82. The minimum absolute atomic E-state index is 0.229. The number of nitrogens with one attached hydrogen (secondary N) is 1. The van der Waals surface area contributed by atoms with E-state index >= 15 is 0 Å². The van der Waals surface area contributed by atoms with Gasteiger partial charge in [0.25, 0.3) is 5.91 Å². The van der Waals surface area contributed by atoms with Gasteiger partial charge in [-0.2, -0.15) is 0 Å². The van der Waals surface area contributed by atoms with Crippen LogP contribution in [0, 0.1) is 0 Å². The minimum atomic E-state index is -0.264. The first-order chi connectivity index (χ1) is 9.13. The molecule has 1 aromatic carbocycles. The molecule has 0 aliphatic rings. The van der Waals surface area contributed by atoms with E-state index in [-0.39, 0.29) is 11.9 Å². The fourth-order valence-corrected chi connectivity index (χ4v) is 1.80. The Morgan fingerprint density at radius 2 is 2.16 bits per heavy atom. The molecule has 0 saturated carbocycles. The summed E-state index contributed by atoms with van der Waals surface area (Å²) in [6.45, 7) is 1.84. The minimum Gasteiger partial charge on any atom is -0.495 e. The summed E-state index contributed by atoms with van der Waals surface area (Å²) in [7, 11) is 1.51. The number of amides is 1. The van der Waals surface area contributed by atoms with Gasteiger partial charge in [-0.05, 0) is 31.2 Å². The van der Waals surface area contributed by atoms with E-state index in [1.165, 1.54) is 7.11 Å². The molecule has 5 nitrogen and oxygen atoms in total. The smallest absolute Gasteiger partial charge is 0.254 e. The van der Waals surface area contributed by atoms with Gasteiger partial charge in [0.15, 0.2) is 0 Å². The molecule has 1 unspecified atom stereocenters. The van der Waals surface area contributed by atoms with Gasteiger partial charge in [-0.25, -0.2) is 0 Å². The first-order valence-electron chi connectivity index (χ1n) is 5.90. The van der Waals surface area contributed by atoms with Gasteiger partial charge in [0, 0.05) is 0 Å². The first kappa shape index (κ1) is 13.0. The number of hydrogen-bond donors (Lipinski definition) is 2. The molecule has 0 fully saturated rings. The lowest BCUT2D eigenvalue weighted by Crippen LogP contribution is -2.27. The monoisotopic (exact) mass is 260 g/mol. The molecule has 1 amide bonds. The molecule has 0 aliphatic carbocycles. The Balaban J connectivity index is 2.16. The van der Waals surface area contributed by atoms with E-state index in [4.69, 9.17) is 14.9 Å². The molecule has 1 atom stereocenters. The summed E-state index contributed by atoms with van der Waals surface area (Å²) < 4.78 is 10.3. The van der Waals surface area contributed by atoms with Crippen LogP contribution >= 0.6 is 0 Å². The molecule has 0 aliphatic heterocycles. The van der Waals surface area contributed by atoms with Crippen LogP contribution in [0.3, 0.4) is 0 Å². The van der Waals surface area contributed by atoms with E-state index in [0.29, 0.717) is 22.8 Å². The maximum absolute atomic E-state index is 12.2. The number of anilines is 1. The predicted octanol–water partition coefficient (Wildman–Crippen LogP) is 2.36. The standard InChI is InChI=1S/C14H16N2O3/c1-9(11-7-4-8-19-11)16-14(17)10-5-3-6-12(18-2)13(10)15/h3-9H,15H2,1-2H3,(H,16,17). The topological polar surface area (TPSA) is 77.5 Å². The van der Waals surface area contributed by atoms with Crippen LogP contribution in [0.5, 0.6) is 5.75 Å². The molecule has 19 heavy (non-hydrogen) atoms. The van der Waals surface area contributed by atoms with E-state index in [1.807, 2.05) is 6.92 Å². The number of nitrogen functional groups attached to an aromatic ring is 1. The number of benzene rings is 1. The van der Waals surface area contributed by atoms with Crippen LogP contribution < -0.4 is 15.8 Å². The zero-order valence-electron chi connectivity index (χ0n) is 10.8. The Hall–Kier alpha value is -2.43.